The molecule has 0 bridgehead atoms. The first kappa shape index (κ1) is 15.9. The molecule has 2 nitrogen and oxygen atoms in total. The SMILES string of the molecule is Cc1cc(CCN)cc(C)c1OCCSc1ccccc1. The maximum absolute atomic E-state index is 5.97. The van der Waals surface area contributed by atoms with Gasteiger partial charge in [-0.2, -0.15) is 0 Å². The van der Waals surface area contributed by atoms with Gasteiger partial charge in [0.25, 0.3) is 0 Å². The molecule has 0 unspecified atom stereocenters. The first-order valence-corrected chi connectivity index (χ1v) is 8.30. The van der Waals surface area contributed by atoms with Gasteiger partial charge in [-0.25, -0.2) is 0 Å². The van der Waals surface area contributed by atoms with Gasteiger partial charge >= 0.3 is 0 Å². The van der Waals surface area contributed by atoms with E-state index in [0.717, 1.165) is 24.5 Å². The van der Waals surface area contributed by atoms with E-state index in [9.17, 15) is 0 Å². The van der Waals surface area contributed by atoms with E-state index in [1.165, 1.54) is 21.6 Å². The van der Waals surface area contributed by atoms with Crippen molar-refractivity contribution in [1.29, 1.82) is 0 Å². The summed E-state index contributed by atoms with van der Waals surface area (Å²) in [5.74, 6) is 1.97. The Kier molecular flexibility index (Phi) is 6.15. The average Bonchev–Trinajstić information content (AvgIpc) is 2.47. The summed E-state index contributed by atoms with van der Waals surface area (Å²) >= 11 is 1.82. The van der Waals surface area contributed by atoms with E-state index in [0.29, 0.717) is 6.54 Å². The molecule has 112 valence electrons. The Morgan fingerprint density at radius 1 is 1.05 bits per heavy atom. The minimum absolute atomic E-state index is 0.687. The van der Waals surface area contributed by atoms with Crippen molar-refractivity contribution < 1.29 is 4.74 Å². The van der Waals surface area contributed by atoms with Crippen molar-refractivity contribution in [3.8, 4) is 5.75 Å². The largest absolute Gasteiger partial charge is 0.492 e. The van der Waals surface area contributed by atoms with Crippen molar-refractivity contribution in [3.63, 3.8) is 0 Å². The lowest BCUT2D eigenvalue weighted by molar-refractivity contribution is 0.339. The van der Waals surface area contributed by atoms with E-state index in [-0.39, 0.29) is 0 Å². The third kappa shape index (κ3) is 4.80. The molecular formula is C18H23NOS. The number of hydrogen-bond donors (Lipinski definition) is 1. The number of benzene rings is 2. The van der Waals surface area contributed by atoms with E-state index < -0.39 is 0 Å². The van der Waals surface area contributed by atoms with Crippen molar-refractivity contribution in [1.82, 2.24) is 0 Å². The van der Waals surface area contributed by atoms with Gasteiger partial charge in [0.1, 0.15) is 5.75 Å². The lowest BCUT2D eigenvalue weighted by Gasteiger charge is -2.14. The van der Waals surface area contributed by atoms with Crippen LogP contribution in [0.1, 0.15) is 16.7 Å². The molecule has 0 saturated carbocycles. The monoisotopic (exact) mass is 301 g/mol. The van der Waals surface area contributed by atoms with Gasteiger partial charge in [-0.1, -0.05) is 30.3 Å². The van der Waals surface area contributed by atoms with Crippen molar-refractivity contribution >= 4 is 11.8 Å². The van der Waals surface area contributed by atoms with Crippen molar-refractivity contribution in [3.05, 3.63) is 59.2 Å². The summed E-state index contributed by atoms with van der Waals surface area (Å²) < 4.78 is 5.97. The van der Waals surface area contributed by atoms with Crippen LogP contribution >= 0.6 is 11.8 Å². The van der Waals surface area contributed by atoms with Crippen molar-refractivity contribution in [2.75, 3.05) is 18.9 Å². The van der Waals surface area contributed by atoms with Crippen LogP contribution in [0.15, 0.2) is 47.4 Å². The molecule has 3 heteroatoms. The van der Waals surface area contributed by atoms with E-state index >= 15 is 0 Å². The zero-order valence-electron chi connectivity index (χ0n) is 12.8. The third-order valence-electron chi connectivity index (χ3n) is 3.29. The Morgan fingerprint density at radius 2 is 1.71 bits per heavy atom. The minimum atomic E-state index is 0.687. The molecular weight excluding hydrogens is 278 g/mol. The molecule has 2 rings (SSSR count). The van der Waals surface area contributed by atoms with Gasteiger partial charge in [-0.3, -0.25) is 0 Å². The van der Waals surface area contributed by atoms with Crippen LogP contribution in [0.25, 0.3) is 0 Å². The minimum Gasteiger partial charge on any atom is -0.492 e. The quantitative estimate of drug-likeness (QED) is 0.620. The predicted octanol–water partition coefficient (Wildman–Crippen LogP) is 3.98. The smallest absolute Gasteiger partial charge is 0.125 e. The Bertz CT molecular complexity index is 546. The van der Waals surface area contributed by atoms with Gasteiger partial charge in [-0.15, -0.1) is 11.8 Å². The molecule has 2 aromatic rings. The Morgan fingerprint density at radius 3 is 2.33 bits per heavy atom. The summed E-state index contributed by atoms with van der Waals surface area (Å²) in [6.45, 7) is 5.61. The molecule has 0 aliphatic heterocycles. The molecule has 0 aliphatic rings. The summed E-state index contributed by atoms with van der Waals surface area (Å²) in [6.07, 6.45) is 0.922. The second kappa shape index (κ2) is 8.11. The maximum atomic E-state index is 5.97. The molecule has 0 radical (unpaired) electrons. The molecule has 0 aromatic heterocycles. The van der Waals surface area contributed by atoms with Crippen LogP contribution in [0.3, 0.4) is 0 Å². The second-order valence-corrected chi connectivity index (χ2v) is 6.28. The van der Waals surface area contributed by atoms with Crippen LogP contribution in [0.2, 0.25) is 0 Å². The number of hydrogen-bond acceptors (Lipinski definition) is 3. The number of ether oxygens (including phenoxy) is 1. The van der Waals surface area contributed by atoms with Gasteiger partial charge in [0.15, 0.2) is 0 Å². The molecule has 0 saturated heterocycles. The standard InChI is InChI=1S/C18H23NOS/c1-14-12-16(8-9-19)13-15(2)18(14)20-10-11-21-17-6-4-3-5-7-17/h3-7,12-13H,8-11,19H2,1-2H3. The van der Waals surface area contributed by atoms with E-state index in [2.05, 4.69) is 50.2 Å². The molecule has 0 heterocycles. The van der Waals surface area contributed by atoms with Gasteiger partial charge < -0.3 is 10.5 Å². The highest BCUT2D eigenvalue weighted by atomic mass is 32.2. The molecule has 0 aliphatic carbocycles. The summed E-state index contributed by atoms with van der Waals surface area (Å²) in [5, 5.41) is 0. The molecule has 0 atom stereocenters. The molecule has 2 aromatic carbocycles. The summed E-state index contributed by atoms with van der Waals surface area (Å²) in [4.78, 5) is 1.29. The molecule has 2 N–H and O–H groups in total. The normalized spacial score (nSPS) is 10.6. The van der Waals surface area contributed by atoms with Gasteiger partial charge in [0.2, 0.25) is 0 Å². The highest BCUT2D eigenvalue weighted by Crippen LogP contribution is 2.25. The van der Waals surface area contributed by atoms with Crippen LogP contribution < -0.4 is 10.5 Å². The Hall–Kier alpha value is -1.45. The molecule has 0 fully saturated rings. The lowest BCUT2D eigenvalue weighted by Crippen LogP contribution is -2.06. The third-order valence-corrected chi connectivity index (χ3v) is 4.27. The van der Waals surface area contributed by atoms with E-state index in [1.807, 2.05) is 17.8 Å². The molecule has 0 amide bonds. The zero-order chi connectivity index (χ0) is 15.1. The van der Waals surface area contributed by atoms with E-state index in [4.69, 9.17) is 10.5 Å². The average molecular weight is 301 g/mol. The molecule has 0 spiro atoms. The summed E-state index contributed by atoms with van der Waals surface area (Å²) in [5.41, 5.74) is 9.30. The number of thioether (sulfide) groups is 1. The molecule has 21 heavy (non-hydrogen) atoms. The fraction of sp³-hybridized carbons (Fsp3) is 0.333. The highest BCUT2D eigenvalue weighted by molar-refractivity contribution is 7.99. The van der Waals surface area contributed by atoms with Crippen LogP contribution in [-0.2, 0) is 6.42 Å². The number of nitrogens with two attached hydrogens (primary N) is 1. The fourth-order valence-electron chi connectivity index (χ4n) is 2.40. The van der Waals surface area contributed by atoms with Crippen LogP contribution in [0.5, 0.6) is 5.75 Å². The maximum Gasteiger partial charge on any atom is 0.125 e. The first-order valence-electron chi connectivity index (χ1n) is 7.31. The van der Waals surface area contributed by atoms with Gasteiger partial charge in [-0.05, 0) is 55.6 Å². The topological polar surface area (TPSA) is 35.2 Å². The number of rotatable bonds is 7. The Labute approximate surface area is 131 Å². The lowest BCUT2D eigenvalue weighted by atomic mass is 10.0. The van der Waals surface area contributed by atoms with Gasteiger partial charge in [0, 0.05) is 10.6 Å². The van der Waals surface area contributed by atoms with Gasteiger partial charge in [0.05, 0.1) is 6.61 Å². The van der Waals surface area contributed by atoms with Crippen LogP contribution in [0.4, 0.5) is 0 Å². The Balaban J connectivity index is 1.88. The zero-order valence-corrected chi connectivity index (χ0v) is 13.6. The first-order chi connectivity index (χ1) is 10.2. The van der Waals surface area contributed by atoms with E-state index in [1.54, 1.807) is 0 Å². The summed E-state index contributed by atoms with van der Waals surface area (Å²) in [6, 6.07) is 14.8. The fourth-order valence-corrected chi connectivity index (χ4v) is 3.15. The predicted molar refractivity (Wildman–Crippen MR) is 91.3 cm³/mol. The van der Waals surface area contributed by atoms with Crippen molar-refractivity contribution in [2.45, 2.75) is 25.2 Å². The highest BCUT2D eigenvalue weighted by Gasteiger charge is 2.06. The van der Waals surface area contributed by atoms with Crippen molar-refractivity contribution in [2.24, 2.45) is 5.73 Å². The summed E-state index contributed by atoms with van der Waals surface area (Å²) in [7, 11) is 0. The second-order valence-electron chi connectivity index (χ2n) is 5.11. The van der Waals surface area contributed by atoms with Crippen LogP contribution in [0, 0.1) is 13.8 Å². The van der Waals surface area contributed by atoms with Crippen LogP contribution in [-0.4, -0.2) is 18.9 Å². The number of aryl methyl sites for hydroxylation is 2.